The van der Waals surface area contributed by atoms with Crippen LogP contribution in [-0.4, -0.2) is 38.0 Å². The first-order chi connectivity index (χ1) is 35.5. The summed E-state index contributed by atoms with van der Waals surface area (Å²) in [6.45, 7) is 29.5. The maximum Gasteiger partial charge on any atom is 0.153 e. The molecule has 5 rings (SSSR count). The topological polar surface area (TPSA) is 12.0 Å². The van der Waals surface area contributed by atoms with Crippen molar-refractivity contribution in [3.05, 3.63) is 97.1 Å². The van der Waals surface area contributed by atoms with Gasteiger partial charge in [-0.05, 0) is 60.6 Å². The normalized spacial score (nSPS) is 14.4. The maximum atomic E-state index is 5.15. The van der Waals surface area contributed by atoms with Crippen LogP contribution in [-0.2, 0) is 0 Å². The summed E-state index contributed by atoms with van der Waals surface area (Å²) in [5.41, 5.74) is 0.615. The van der Waals surface area contributed by atoms with E-state index in [9.17, 15) is 0 Å². The molecule has 0 atom stereocenters. The van der Waals surface area contributed by atoms with Crippen LogP contribution in [0.3, 0.4) is 0 Å². The Balaban J connectivity index is 1.93. The first-order valence-corrected chi connectivity index (χ1v) is 45.1. The van der Waals surface area contributed by atoms with Crippen LogP contribution >= 0.6 is 15.5 Å². The van der Waals surface area contributed by atoms with Gasteiger partial charge in [0.05, 0.1) is 46.0 Å². The Morgan fingerprint density at radius 3 is 0.904 bits per heavy atom. The molecule has 0 aromatic heterocycles. The zero-order chi connectivity index (χ0) is 52.8. The van der Waals surface area contributed by atoms with Crippen molar-refractivity contribution in [2.75, 3.05) is 0 Å². The van der Waals surface area contributed by atoms with Crippen molar-refractivity contribution in [1.29, 1.82) is 0 Å². The molecule has 1 nitrogen and oxygen atoms in total. The molecular weight excluding hydrogens is 981 g/mol. The Bertz CT molecular complexity index is 1940. The first-order valence-electron chi connectivity index (χ1n) is 31.4. The van der Waals surface area contributed by atoms with Gasteiger partial charge in [-0.2, -0.15) is 4.86 Å². The van der Waals surface area contributed by atoms with Crippen molar-refractivity contribution in [3.63, 3.8) is 0 Å². The lowest BCUT2D eigenvalue weighted by molar-refractivity contribution is 0.509. The van der Waals surface area contributed by atoms with E-state index in [1.165, 1.54) is 182 Å². The van der Waals surface area contributed by atoms with Gasteiger partial charge in [-0.25, -0.2) is 0 Å². The monoisotopic (exact) mass is 1090 g/mol. The Kier molecular flexibility index (Phi) is 26.7. The Labute approximate surface area is 459 Å². The molecule has 0 aliphatic heterocycles. The zero-order valence-electron chi connectivity index (χ0n) is 49.7. The van der Waals surface area contributed by atoms with Crippen LogP contribution in [0.2, 0.25) is 72.5 Å². The van der Waals surface area contributed by atoms with Crippen molar-refractivity contribution < 1.29 is 0 Å². The van der Waals surface area contributed by atoms with E-state index in [1.807, 2.05) is 0 Å². The van der Waals surface area contributed by atoms with Gasteiger partial charge < -0.3 is 0 Å². The summed E-state index contributed by atoms with van der Waals surface area (Å²) in [7, 11) is -9.92. The van der Waals surface area contributed by atoms with E-state index in [1.54, 1.807) is 42.0 Å². The molecule has 406 valence electrons. The standard InChI is InChI=1S/C66H112NP2Si4/c1-13-44-70(45-14-2,46-15-3)63-40-36-61(37-41-63)69(60-32-26-25-27-33-60,62-38-42-64(43-39-62)71(47-16-4,48-17-5)49-18-6)67-68(58-30-28-34-65(56-58)72(50-19-7,51-20-8)52-21-9)59-31-29-35-66(57-59)73(53-22-10,54-23-11)55-24-12/h28-31,34-43,56-57,60,67H,13-27,32-33,44-55H2,1-12H3/q+1. The van der Waals surface area contributed by atoms with Crippen molar-refractivity contribution in [2.45, 2.75) is 270 Å². The highest BCUT2D eigenvalue weighted by Gasteiger charge is 2.53. The SMILES string of the molecule is CCC[Si](CCC)(CCC)c1ccc([P+](NP(c2cccc([Si](CCC)(CCC)CCC)c2)c2cccc([Si](CCC)(CCC)CCC)c2)(c2ccc([Si](CCC)(CCC)CCC)cc2)C2CCCCC2)cc1. The van der Waals surface area contributed by atoms with E-state index in [0.29, 0.717) is 5.66 Å². The van der Waals surface area contributed by atoms with E-state index in [2.05, 4.69) is 180 Å². The molecule has 73 heavy (non-hydrogen) atoms. The molecule has 1 aliphatic carbocycles. The lowest BCUT2D eigenvalue weighted by Crippen LogP contribution is -2.50. The molecule has 7 heteroatoms. The highest BCUT2D eigenvalue weighted by molar-refractivity contribution is 7.96. The second-order valence-electron chi connectivity index (χ2n) is 23.8. The van der Waals surface area contributed by atoms with Gasteiger partial charge in [0.25, 0.3) is 0 Å². The molecule has 0 unspecified atom stereocenters. The number of nitrogens with one attached hydrogen (secondary N) is 1. The molecule has 0 radical (unpaired) electrons. The minimum atomic E-state index is -2.26. The lowest BCUT2D eigenvalue weighted by atomic mass is 10.0. The Hall–Kier alpha value is -1.43. The third-order valence-electron chi connectivity index (χ3n) is 18.3. The Morgan fingerprint density at radius 2 is 0.630 bits per heavy atom. The molecule has 4 aromatic rings. The molecular formula is C66H112NP2Si4+. The predicted molar refractivity (Wildman–Crippen MR) is 351 cm³/mol. The number of hydrogen-bond donors (Lipinski definition) is 1. The molecule has 1 fully saturated rings. The largest absolute Gasteiger partial charge is 0.154 e. The third-order valence-corrected chi connectivity index (χ3v) is 49.5. The average Bonchev–Trinajstić information content (AvgIpc) is 3.40. The molecule has 4 aromatic carbocycles. The second-order valence-corrected chi connectivity index (χ2v) is 48.0. The quantitative estimate of drug-likeness (QED) is 0.0358. The van der Waals surface area contributed by atoms with Gasteiger partial charge in [-0.1, -0.05) is 333 Å². The number of hydrogen-bond acceptors (Lipinski definition) is 1. The summed E-state index contributed by atoms with van der Waals surface area (Å²) in [6, 6.07) is 60.2. The molecule has 1 N–H and O–H groups in total. The minimum absolute atomic E-state index is 0.615. The van der Waals surface area contributed by atoms with E-state index < -0.39 is 47.8 Å². The number of benzene rings is 4. The molecule has 0 saturated heterocycles. The second kappa shape index (κ2) is 31.2. The van der Waals surface area contributed by atoms with Crippen LogP contribution in [0.4, 0.5) is 0 Å². The molecule has 0 spiro atoms. The van der Waals surface area contributed by atoms with Crippen LogP contribution in [0.5, 0.6) is 0 Å². The lowest BCUT2D eigenvalue weighted by Gasteiger charge is -2.40. The fraction of sp³-hybridized carbons (Fsp3) is 0.636. The van der Waals surface area contributed by atoms with E-state index >= 15 is 0 Å². The number of rotatable bonds is 35. The zero-order valence-corrected chi connectivity index (χ0v) is 55.5. The van der Waals surface area contributed by atoms with Gasteiger partial charge in [-0.15, -0.1) is 0 Å². The average molecular weight is 1090 g/mol. The van der Waals surface area contributed by atoms with E-state index in [4.69, 9.17) is 4.86 Å². The van der Waals surface area contributed by atoms with Gasteiger partial charge in [0.1, 0.15) is 10.6 Å². The van der Waals surface area contributed by atoms with Crippen LogP contribution < -0.4 is 46.8 Å². The van der Waals surface area contributed by atoms with Crippen LogP contribution in [0.1, 0.15) is 192 Å². The van der Waals surface area contributed by atoms with Gasteiger partial charge in [-0.3, -0.25) is 0 Å². The van der Waals surface area contributed by atoms with Crippen LogP contribution in [0.15, 0.2) is 97.1 Å². The van der Waals surface area contributed by atoms with Crippen LogP contribution in [0.25, 0.3) is 0 Å². The predicted octanol–water partition coefficient (Wildman–Crippen LogP) is 18.1. The third kappa shape index (κ3) is 14.8. The van der Waals surface area contributed by atoms with Crippen LogP contribution in [0, 0.1) is 0 Å². The van der Waals surface area contributed by atoms with E-state index in [0.717, 1.165) is 0 Å². The van der Waals surface area contributed by atoms with Gasteiger partial charge in [0, 0.05) is 0 Å². The minimum Gasteiger partial charge on any atom is -0.154 e. The highest BCUT2D eigenvalue weighted by atomic mass is 31.2. The van der Waals surface area contributed by atoms with Crippen molar-refractivity contribution in [1.82, 2.24) is 4.86 Å². The Morgan fingerprint density at radius 1 is 0.356 bits per heavy atom. The van der Waals surface area contributed by atoms with Crippen molar-refractivity contribution >= 4 is 89.7 Å². The first kappa shape index (κ1) is 62.4. The molecule has 0 heterocycles. The summed E-state index contributed by atoms with van der Waals surface area (Å²) in [5.74, 6) is 0. The molecule has 1 saturated carbocycles. The molecule has 0 amide bonds. The van der Waals surface area contributed by atoms with E-state index in [-0.39, 0.29) is 0 Å². The fourth-order valence-corrected chi connectivity index (χ4v) is 46.0. The fourth-order valence-electron chi connectivity index (χ4n) is 15.7. The smallest absolute Gasteiger partial charge is 0.153 e. The highest BCUT2D eigenvalue weighted by Crippen LogP contribution is 2.65. The summed E-state index contributed by atoms with van der Waals surface area (Å²) in [4.78, 5) is 5.15. The van der Waals surface area contributed by atoms with Gasteiger partial charge in [0.2, 0.25) is 0 Å². The summed E-state index contributed by atoms with van der Waals surface area (Å²) >= 11 is 0. The van der Waals surface area contributed by atoms with Crippen molar-refractivity contribution in [2.24, 2.45) is 0 Å². The van der Waals surface area contributed by atoms with Crippen molar-refractivity contribution in [3.8, 4) is 0 Å². The van der Waals surface area contributed by atoms with Gasteiger partial charge >= 0.3 is 0 Å². The molecule has 1 aliphatic rings. The summed E-state index contributed by atoms with van der Waals surface area (Å²) < 4.78 is 0. The summed E-state index contributed by atoms with van der Waals surface area (Å²) in [5, 5.41) is 13.4. The summed E-state index contributed by atoms with van der Waals surface area (Å²) in [6.07, 6.45) is 22.3. The molecule has 0 bridgehead atoms. The maximum absolute atomic E-state index is 5.15. The van der Waals surface area contributed by atoms with Gasteiger partial charge in [0.15, 0.2) is 7.41 Å².